The Kier molecular flexibility index (Phi) is 5.95. The number of carbonyl (C=O) groups is 2. The van der Waals surface area contributed by atoms with Gasteiger partial charge in [0.2, 0.25) is 0 Å². The minimum Gasteiger partial charge on any atom is -0.339 e. The van der Waals surface area contributed by atoms with E-state index in [0.29, 0.717) is 17.2 Å². The lowest BCUT2D eigenvalue weighted by atomic mass is 9.96. The Morgan fingerprint density at radius 2 is 1.76 bits per heavy atom. The molecule has 1 saturated carbocycles. The van der Waals surface area contributed by atoms with E-state index < -0.39 is 0 Å². The van der Waals surface area contributed by atoms with Gasteiger partial charge in [-0.05, 0) is 49.8 Å². The maximum Gasteiger partial charge on any atom is 0.319 e. The SMILES string of the molecule is CC1CCN(C(=O)c2cccc(NC(=O)NC3CCCCC3)c2)CC1. The van der Waals surface area contributed by atoms with Gasteiger partial charge in [-0.3, -0.25) is 4.79 Å². The van der Waals surface area contributed by atoms with Crippen molar-refractivity contribution in [3.05, 3.63) is 29.8 Å². The van der Waals surface area contributed by atoms with Crippen LogP contribution in [0.2, 0.25) is 0 Å². The molecule has 0 spiro atoms. The molecule has 0 radical (unpaired) electrons. The molecule has 2 N–H and O–H groups in total. The number of urea groups is 1. The van der Waals surface area contributed by atoms with Crippen LogP contribution in [0.3, 0.4) is 0 Å². The molecule has 2 fully saturated rings. The van der Waals surface area contributed by atoms with Crippen molar-refractivity contribution >= 4 is 17.6 Å². The summed E-state index contributed by atoms with van der Waals surface area (Å²) in [7, 11) is 0. The molecule has 1 aliphatic carbocycles. The summed E-state index contributed by atoms with van der Waals surface area (Å²) in [6.45, 7) is 3.87. The quantitative estimate of drug-likeness (QED) is 0.871. The molecule has 2 aliphatic rings. The second kappa shape index (κ2) is 8.37. The van der Waals surface area contributed by atoms with Crippen LogP contribution in [-0.2, 0) is 0 Å². The minimum atomic E-state index is -0.178. The molecule has 1 aromatic carbocycles. The maximum absolute atomic E-state index is 12.7. The fraction of sp³-hybridized carbons (Fsp3) is 0.600. The van der Waals surface area contributed by atoms with Crippen molar-refractivity contribution in [2.45, 2.75) is 57.9 Å². The fourth-order valence-electron chi connectivity index (χ4n) is 3.72. The molecular weight excluding hydrogens is 314 g/mol. The van der Waals surface area contributed by atoms with Gasteiger partial charge in [-0.15, -0.1) is 0 Å². The van der Waals surface area contributed by atoms with Gasteiger partial charge in [0.15, 0.2) is 0 Å². The number of carbonyl (C=O) groups excluding carboxylic acids is 2. The Labute approximate surface area is 150 Å². The van der Waals surface area contributed by atoms with Crippen LogP contribution in [0.4, 0.5) is 10.5 Å². The van der Waals surface area contributed by atoms with E-state index in [4.69, 9.17) is 0 Å². The van der Waals surface area contributed by atoms with Crippen molar-refractivity contribution in [1.82, 2.24) is 10.2 Å². The van der Waals surface area contributed by atoms with Gasteiger partial charge in [-0.25, -0.2) is 4.79 Å². The second-order valence-electron chi connectivity index (χ2n) is 7.49. The van der Waals surface area contributed by atoms with Gasteiger partial charge in [0.1, 0.15) is 0 Å². The van der Waals surface area contributed by atoms with Crippen LogP contribution in [0.25, 0.3) is 0 Å². The number of nitrogens with one attached hydrogen (secondary N) is 2. The third-order valence-corrected chi connectivity index (χ3v) is 5.38. The van der Waals surface area contributed by atoms with E-state index in [0.717, 1.165) is 38.8 Å². The minimum absolute atomic E-state index is 0.0586. The summed E-state index contributed by atoms with van der Waals surface area (Å²) in [6, 6.07) is 7.36. The molecule has 3 rings (SSSR count). The van der Waals surface area contributed by atoms with Crippen molar-refractivity contribution in [2.75, 3.05) is 18.4 Å². The number of nitrogens with zero attached hydrogens (tertiary/aromatic N) is 1. The molecule has 0 aromatic heterocycles. The Hall–Kier alpha value is -2.04. The average molecular weight is 343 g/mol. The highest BCUT2D eigenvalue weighted by Gasteiger charge is 2.22. The molecule has 1 aliphatic heterocycles. The van der Waals surface area contributed by atoms with Gasteiger partial charge in [-0.1, -0.05) is 32.3 Å². The van der Waals surface area contributed by atoms with Gasteiger partial charge in [0.25, 0.3) is 5.91 Å². The Balaban J connectivity index is 1.57. The van der Waals surface area contributed by atoms with E-state index in [1.807, 2.05) is 23.1 Å². The van der Waals surface area contributed by atoms with Crippen LogP contribution < -0.4 is 10.6 Å². The zero-order valence-electron chi connectivity index (χ0n) is 15.1. The Bertz CT molecular complexity index is 603. The molecule has 1 saturated heterocycles. The largest absolute Gasteiger partial charge is 0.339 e. The molecule has 0 unspecified atom stereocenters. The van der Waals surface area contributed by atoms with Gasteiger partial charge >= 0.3 is 6.03 Å². The van der Waals surface area contributed by atoms with Crippen LogP contribution in [0, 0.1) is 5.92 Å². The molecule has 136 valence electrons. The van der Waals surface area contributed by atoms with Gasteiger partial charge < -0.3 is 15.5 Å². The van der Waals surface area contributed by atoms with Crippen LogP contribution in [0.15, 0.2) is 24.3 Å². The highest BCUT2D eigenvalue weighted by Crippen LogP contribution is 2.20. The predicted octanol–water partition coefficient (Wildman–Crippen LogP) is 4.01. The first kappa shape index (κ1) is 17.8. The van der Waals surface area contributed by atoms with Crippen molar-refractivity contribution < 1.29 is 9.59 Å². The predicted molar refractivity (Wildman–Crippen MR) is 99.8 cm³/mol. The first-order chi connectivity index (χ1) is 12.1. The van der Waals surface area contributed by atoms with Crippen LogP contribution in [-0.4, -0.2) is 36.0 Å². The van der Waals surface area contributed by atoms with Crippen molar-refractivity contribution in [3.8, 4) is 0 Å². The zero-order chi connectivity index (χ0) is 17.6. The van der Waals surface area contributed by atoms with Gasteiger partial charge in [0.05, 0.1) is 0 Å². The summed E-state index contributed by atoms with van der Waals surface area (Å²) in [5, 5.41) is 5.91. The normalized spacial score (nSPS) is 19.5. The second-order valence-corrected chi connectivity index (χ2v) is 7.49. The van der Waals surface area contributed by atoms with Gasteiger partial charge in [-0.2, -0.15) is 0 Å². The zero-order valence-corrected chi connectivity index (χ0v) is 15.1. The van der Waals surface area contributed by atoms with Crippen molar-refractivity contribution in [2.24, 2.45) is 5.92 Å². The third-order valence-electron chi connectivity index (χ3n) is 5.38. The standard InChI is InChI=1S/C20H29N3O2/c1-15-10-12-23(13-11-15)19(24)16-6-5-9-18(14-16)22-20(25)21-17-7-3-2-4-8-17/h5-6,9,14-15,17H,2-4,7-8,10-13H2,1H3,(H2,21,22,25). The Morgan fingerprint density at radius 3 is 2.48 bits per heavy atom. The summed E-state index contributed by atoms with van der Waals surface area (Å²) in [5.74, 6) is 0.753. The van der Waals surface area contributed by atoms with E-state index in [-0.39, 0.29) is 18.0 Å². The van der Waals surface area contributed by atoms with E-state index in [1.165, 1.54) is 19.3 Å². The molecule has 3 amide bonds. The lowest BCUT2D eigenvalue weighted by molar-refractivity contribution is 0.0697. The van der Waals surface area contributed by atoms with Crippen LogP contribution >= 0.6 is 0 Å². The number of rotatable bonds is 3. The number of anilines is 1. The van der Waals surface area contributed by atoms with E-state index >= 15 is 0 Å². The number of piperidine rings is 1. The van der Waals surface area contributed by atoms with Gasteiger partial charge in [0, 0.05) is 30.4 Å². The molecule has 0 atom stereocenters. The summed E-state index contributed by atoms with van der Waals surface area (Å²) in [4.78, 5) is 26.8. The number of hydrogen-bond acceptors (Lipinski definition) is 2. The number of hydrogen-bond donors (Lipinski definition) is 2. The molecule has 1 aromatic rings. The Morgan fingerprint density at radius 1 is 1.04 bits per heavy atom. The van der Waals surface area contributed by atoms with E-state index in [2.05, 4.69) is 17.6 Å². The van der Waals surface area contributed by atoms with E-state index in [9.17, 15) is 9.59 Å². The van der Waals surface area contributed by atoms with Crippen LogP contribution in [0.1, 0.15) is 62.2 Å². The topological polar surface area (TPSA) is 61.4 Å². The smallest absolute Gasteiger partial charge is 0.319 e. The summed E-state index contributed by atoms with van der Waals surface area (Å²) < 4.78 is 0. The average Bonchev–Trinajstić information content (AvgIpc) is 2.63. The third kappa shape index (κ3) is 4.97. The molecule has 25 heavy (non-hydrogen) atoms. The fourth-order valence-corrected chi connectivity index (χ4v) is 3.72. The number of likely N-dealkylation sites (tertiary alicyclic amines) is 1. The molecular formula is C20H29N3O2. The summed E-state index contributed by atoms with van der Waals surface area (Å²) in [6.07, 6.45) is 7.87. The first-order valence-electron chi connectivity index (χ1n) is 9.58. The molecule has 5 heteroatoms. The highest BCUT2D eigenvalue weighted by atomic mass is 16.2. The maximum atomic E-state index is 12.7. The van der Waals surface area contributed by atoms with Crippen molar-refractivity contribution in [3.63, 3.8) is 0 Å². The highest BCUT2D eigenvalue weighted by molar-refractivity contribution is 5.97. The lowest BCUT2D eigenvalue weighted by Gasteiger charge is -2.30. The lowest BCUT2D eigenvalue weighted by Crippen LogP contribution is -2.39. The molecule has 0 bridgehead atoms. The van der Waals surface area contributed by atoms with E-state index in [1.54, 1.807) is 6.07 Å². The molecule has 1 heterocycles. The summed E-state index contributed by atoms with van der Waals surface area (Å²) in [5.41, 5.74) is 1.31. The van der Waals surface area contributed by atoms with Crippen molar-refractivity contribution in [1.29, 1.82) is 0 Å². The number of benzene rings is 1. The monoisotopic (exact) mass is 343 g/mol. The first-order valence-corrected chi connectivity index (χ1v) is 9.58. The van der Waals surface area contributed by atoms with Crippen LogP contribution in [0.5, 0.6) is 0 Å². The number of amides is 3. The molecule has 5 nitrogen and oxygen atoms in total. The summed E-state index contributed by atoms with van der Waals surface area (Å²) >= 11 is 0.